The number of carbonyl (C=O) groups is 1. The van der Waals surface area contributed by atoms with Gasteiger partial charge in [-0.05, 0) is 63.4 Å². The van der Waals surface area contributed by atoms with Crippen molar-refractivity contribution in [2.45, 2.75) is 65.3 Å². The fourth-order valence-corrected chi connectivity index (χ4v) is 3.62. The lowest BCUT2D eigenvalue weighted by Crippen LogP contribution is -2.41. The molecule has 0 saturated carbocycles. The van der Waals surface area contributed by atoms with Crippen molar-refractivity contribution in [3.8, 4) is 0 Å². The summed E-state index contributed by atoms with van der Waals surface area (Å²) in [6.07, 6.45) is -0.965. The van der Waals surface area contributed by atoms with Crippen LogP contribution in [-0.2, 0) is 9.53 Å². The van der Waals surface area contributed by atoms with Crippen LogP contribution in [-0.4, -0.2) is 40.9 Å². The van der Waals surface area contributed by atoms with Crippen LogP contribution in [0, 0.1) is 13.8 Å². The monoisotopic (exact) mass is 416 g/mol. The molecule has 0 unspecified atom stereocenters. The molecule has 1 saturated heterocycles. The average molecular weight is 417 g/mol. The van der Waals surface area contributed by atoms with Crippen LogP contribution in [0.2, 0.25) is 0 Å². The number of aliphatic hydroxyl groups excluding tert-OH is 1. The van der Waals surface area contributed by atoms with E-state index in [1.54, 1.807) is 27.7 Å². The maximum Gasteiger partial charge on any atom is 0.340 e. The number of hydrogen-bond donors (Lipinski definition) is 1. The Morgan fingerprint density at radius 1 is 1.32 bits per heavy atom. The summed E-state index contributed by atoms with van der Waals surface area (Å²) in [5.41, 5.74) is 1.26. The zero-order chi connectivity index (χ0) is 18.9. The molecule has 7 heteroatoms. The molecule has 1 aromatic heterocycles. The summed E-state index contributed by atoms with van der Waals surface area (Å²) in [5.74, 6) is -0.704. The highest BCUT2D eigenvalue weighted by Crippen LogP contribution is 2.40. The van der Waals surface area contributed by atoms with Crippen LogP contribution in [0.5, 0.6) is 0 Å². The lowest BCUT2D eigenvalue weighted by Gasteiger charge is -2.38. The van der Waals surface area contributed by atoms with Crippen LogP contribution in [0.3, 0.4) is 0 Å². The Kier molecular flexibility index (Phi) is 6.09. The summed E-state index contributed by atoms with van der Waals surface area (Å²) in [7, 11) is 0. The van der Waals surface area contributed by atoms with E-state index in [4.69, 9.17) is 4.74 Å². The molecule has 1 aliphatic rings. The highest BCUT2D eigenvalue weighted by atomic mass is 79.9. The zero-order valence-electron chi connectivity index (χ0n) is 15.4. The van der Waals surface area contributed by atoms with Gasteiger partial charge in [-0.25, -0.2) is 9.18 Å². The minimum atomic E-state index is -1.43. The summed E-state index contributed by atoms with van der Waals surface area (Å²) < 4.78 is 20.0. The molecule has 0 bridgehead atoms. The van der Waals surface area contributed by atoms with E-state index in [0.29, 0.717) is 47.3 Å². The predicted octanol–water partition coefficient (Wildman–Crippen LogP) is 3.77. The van der Waals surface area contributed by atoms with Crippen LogP contribution in [0.15, 0.2) is 4.47 Å². The summed E-state index contributed by atoms with van der Waals surface area (Å²) in [6, 6.07) is 0. The summed E-state index contributed by atoms with van der Waals surface area (Å²) in [5, 5.41) is 10.6. The molecule has 1 fully saturated rings. The first-order chi connectivity index (χ1) is 11.5. The predicted molar refractivity (Wildman–Crippen MR) is 98.6 cm³/mol. The normalized spacial score (nSPS) is 18.4. The Labute approximate surface area is 156 Å². The minimum absolute atomic E-state index is 0.324. The topological polar surface area (TPSA) is 62.7 Å². The van der Waals surface area contributed by atoms with Crippen LogP contribution in [0.4, 0.5) is 10.1 Å². The molecule has 1 aromatic rings. The minimum Gasteiger partial charge on any atom is -0.461 e. The highest BCUT2D eigenvalue weighted by molar-refractivity contribution is 9.10. The number of aryl methyl sites for hydroxylation is 2. The molecule has 1 atom stereocenters. The smallest absolute Gasteiger partial charge is 0.340 e. The number of piperidine rings is 1. The number of pyridine rings is 1. The summed E-state index contributed by atoms with van der Waals surface area (Å²) in [4.78, 5) is 18.7. The van der Waals surface area contributed by atoms with Crippen molar-refractivity contribution in [1.82, 2.24) is 4.98 Å². The summed E-state index contributed by atoms with van der Waals surface area (Å²) >= 11 is 3.54. The molecule has 140 valence electrons. The van der Waals surface area contributed by atoms with Crippen LogP contribution in [0.25, 0.3) is 0 Å². The second kappa shape index (κ2) is 7.58. The van der Waals surface area contributed by atoms with Crippen molar-refractivity contribution in [1.29, 1.82) is 0 Å². The van der Waals surface area contributed by atoms with E-state index in [1.807, 2.05) is 11.8 Å². The van der Waals surface area contributed by atoms with Crippen LogP contribution in [0.1, 0.15) is 56.7 Å². The van der Waals surface area contributed by atoms with E-state index in [9.17, 15) is 14.3 Å². The van der Waals surface area contributed by atoms with Gasteiger partial charge in [-0.3, -0.25) is 4.98 Å². The quantitative estimate of drug-likeness (QED) is 0.756. The highest BCUT2D eigenvalue weighted by Gasteiger charge is 2.34. The maximum atomic E-state index is 14.2. The van der Waals surface area contributed by atoms with E-state index in [-0.39, 0.29) is 6.10 Å². The number of esters is 1. The van der Waals surface area contributed by atoms with Gasteiger partial charge < -0.3 is 14.7 Å². The number of rotatable bonds is 4. The van der Waals surface area contributed by atoms with Crippen molar-refractivity contribution in [3.63, 3.8) is 0 Å². The first kappa shape index (κ1) is 20.1. The third kappa shape index (κ3) is 4.50. The van der Waals surface area contributed by atoms with E-state index >= 15 is 0 Å². The van der Waals surface area contributed by atoms with E-state index in [0.717, 1.165) is 5.69 Å². The second-order valence-electron chi connectivity index (χ2n) is 7.15. The number of carbonyl (C=O) groups excluding carboxylic acids is 1. The number of nitrogens with zero attached hydrogens (tertiary/aromatic N) is 2. The third-order valence-electron chi connectivity index (χ3n) is 4.48. The molecule has 2 heterocycles. The molecule has 0 spiro atoms. The largest absolute Gasteiger partial charge is 0.461 e. The fraction of sp³-hybridized carbons (Fsp3) is 0.667. The molecule has 1 aliphatic heterocycles. The Morgan fingerprint density at radius 2 is 1.88 bits per heavy atom. The molecular formula is C18H26BrFN2O3. The van der Waals surface area contributed by atoms with E-state index in [1.165, 1.54) is 0 Å². The molecule has 0 aliphatic carbocycles. The van der Waals surface area contributed by atoms with Gasteiger partial charge >= 0.3 is 5.97 Å². The number of alkyl halides is 1. The molecule has 1 N–H and O–H groups in total. The first-order valence-electron chi connectivity index (χ1n) is 8.52. The average Bonchev–Trinajstić information content (AvgIpc) is 2.49. The van der Waals surface area contributed by atoms with Crippen LogP contribution >= 0.6 is 15.9 Å². The van der Waals surface area contributed by atoms with Crippen molar-refractivity contribution >= 4 is 27.6 Å². The number of halogens is 2. The van der Waals surface area contributed by atoms with E-state index in [2.05, 4.69) is 20.9 Å². The Balaban J connectivity index is 2.46. The Bertz CT molecular complexity index is 654. The van der Waals surface area contributed by atoms with Gasteiger partial charge in [0.15, 0.2) is 6.10 Å². The van der Waals surface area contributed by atoms with Crippen molar-refractivity contribution in [2.75, 3.05) is 18.0 Å². The molecule has 2 rings (SSSR count). The van der Waals surface area contributed by atoms with Gasteiger partial charge in [0.2, 0.25) is 0 Å². The van der Waals surface area contributed by atoms with Crippen molar-refractivity contribution < 1.29 is 19.0 Å². The number of aromatic nitrogens is 1. The SMILES string of the molecule is Cc1nc(C)c([C@H](O)C(=O)OC(C)C)c(N2CCC(C)(F)CC2)c1Br. The lowest BCUT2D eigenvalue weighted by atomic mass is 9.94. The molecular weight excluding hydrogens is 391 g/mol. The molecule has 0 amide bonds. The van der Waals surface area contributed by atoms with Crippen LogP contribution < -0.4 is 4.90 Å². The number of ether oxygens (including phenoxy) is 1. The van der Waals surface area contributed by atoms with Crippen molar-refractivity contribution in [2.24, 2.45) is 0 Å². The molecule has 5 nitrogen and oxygen atoms in total. The standard InChI is InChI=1S/C18H26BrFN2O3/c1-10(2)25-17(24)16(23)13-11(3)21-12(4)14(19)15(13)22-8-6-18(5,20)7-9-22/h10,16,23H,6-9H2,1-5H3/t16-/m0/s1. The molecule has 0 aromatic carbocycles. The maximum absolute atomic E-state index is 14.2. The van der Waals surface area contributed by atoms with E-state index < -0.39 is 17.7 Å². The number of hydrogen-bond acceptors (Lipinski definition) is 5. The number of anilines is 1. The van der Waals surface area contributed by atoms with Gasteiger partial charge in [0, 0.05) is 24.3 Å². The Morgan fingerprint density at radius 3 is 2.40 bits per heavy atom. The van der Waals surface area contributed by atoms with Gasteiger partial charge in [-0.15, -0.1) is 0 Å². The van der Waals surface area contributed by atoms with Gasteiger partial charge in [0.1, 0.15) is 5.67 Å². The van der Waals surface area contributed by atoms with Gasteiger partial charge in [0.05, 0.1) is 22.0 Å². The van der Waals surface area contributed by atoms with Gasteiger partial charge in [0.25, 0.3) is 0 Å². The third-order valence-corrected chi connectivity index (χ3v) is 5.43. The fourth-order valence-electron chi connectivity index (χ4n) is 3.07. The molecule has 25 heavy (non-hydrogen) atoms. The number of aliphatic hydroxyl groups is 1. The van der Waals surface area contributed by atoms with Gasteiger partial charge in [-0.1, -0.05) is 0 Å². The zero-order valence-corrected chi connectivity index (χ0v) is 17.0. The van der Waals surface area contributed by atoms with Crippen molar-refractivity contribution in [3.05, 3.63) is 21.4 Å². The second-order valence-corrected chi connectivity index (χ2v) is 7.94. The Hall–Kier alpha value is -1.21. The molecule has 0 radical (unpaired) electrons. The summed E-state index contributed by atoms with van der Waals surface area (Å²) in [6.45, 7) is 9.70. The van der Waals surface area contributed by atoms with Gasteiger partial charge in [-0.2, -0.15) is 0 Å². The lowest BCUT2D eigenvalue weighted by molar-refractivity contribution is -0.157. The first-order valence-corrected chi connectivity index (χ1v) is 9.32.